The van der Waals surface area contributed by atoms with Gasteiger partial charge in [-0.2, -0.15) is 13.2 Å². The lowest BCUT2D eigenvalue weighted by Crippen LogP contribution is -2.56. The number of likely N-dealkylation sites (tertiary alicyclic amines) is 1. The Balaban J connectivity index is 1.39. The molecule has 0 bridgehead atoms. The maximum atomic E-state index is 12.8. The first-order chi connectivity index (χ1) is 13.3. The van der Waals surface area contributed by atoms with Crippen LogP contribution < -0.4 is 4.74 Å². The highest BCUT2D eigenvalue weighted by Gasteiger charge is 2.36. The predicted octanol–water partition coefficient (Wildman–Crippen LogP) is 3.56. The molecule has 28 heavy (non-hydrogen) atoms. The van der Waals surface area contributed by atoms with Crippen LogP contribution in [0.2, 0.25) is 0 Å². The number of pyridine rings is 1. The molecule has 146 valence electrons. The third-order valence-electron chi connectivity index (χ3n) is 4.29. The molecule has 1 amide bonds. The van der Waals surface area contributed by atoms with E-state index in [9.17, 15) is 18.0 Å². The molecular weight excluding hydrogens is 393 g/mol. The Morgan fingerprint density at radius 2 is 2.00 bits per heavy atom. The average molecular weight is 408 g/mol. The van der Waals surface area contributed by atoms with Gasteiger partial charge in [-0.05, 0) is 25.1 Å². The van der Waals surface area contributed by atoms with Crippen LogP contribution in [0.15, 0.2) is 42.9 Å². The van der Waals surface area contributed by atoms with Crippen LogP contribution in [0.3, 0.4) is 0 Å². The molecule has 3 aromatic heterocycles. The van der Waals surface area contributed by atoms with Crippen molar-refractivity contribution in [1.29, 1.82) is 0 Å². The zero-order valence-electron chi connectivity index (χ0n) is 14.7. The number of carbonyl (C=O) groups excluding carboxylic acids is 1. The number of aromatic nitrogens is 3. The summed E-state index contributed by atoms with van der Waals surface area (Å²) in [5.74, 6) is -0.263. The number of aryl methyl sites for hydroxylation is 1. The molecule has 4 heterocycles. The minimum atomic E-state index is -4.45. The third-order valence-corrected chi connectivity index (χ3v) is 5.45. The van der Waals surface area contributed by atoms with Crippen LogP contribution >= 0.6 is 11.3 Å². The van der Waals surface area contributed by atoms with Crippen molar-refractivity contribution in [3.63, 3.8) is 0 Å². The van der Waals surface area contributed by atoms with Gasteiger partial charge in [0.1, 0.15) is 11.0 Å². The lowest BCUT2D eigenvalue weighted by Gasteiger charge is -2.38. The van der Waals surface area contributed by atoms with E-state index in [0.717, 1.165) is 18.3 Å². The van der Waals surface area contributed by atoms with Gasteiger partial charge in [0.2, 0.25) is 5.88 Å². The fraction of sp³-hybridized carbons (Fsp3) is 0.278. The topological polar surface area (TPSA) is 60.2 Å². The summed E-state index contributed by atoms with van der Waals surface area (Å²) in [4.78, 5) is 23.0. The maximum absolute atomic E-state index is 12.8. The number of hydrogen-bond acceptors (Lipinski definition) is 5. The summed E-state index contributed by atoms with van der Waals surface area (Å²) in [6.45, 7) is 2.34. The predicted molar refractivity (Wildman–Crippen MR) is 95.7 cm³/mol. The zero-order valence-corrected chi connectivity index (χ0v) is 15.5. The van der Waals surface area contributed by atoms with Crippen LogP contribution in [-0.4, -0.2) is 44.5 Å². The van der Waals surface area contributed by atoms with Crippen LogP contribution in [0.25, 0.3) is 5.13 Å². The average Bonchev–Trinajstić information content (AvgIpc) is 3.26. The fourth-order valence-corrected chi connectivity index (χ4v) is 3.80. The van der Waals surface area contributed by atoms with Crippen molar-refractivity contribution in [1.82, 2.24) is 19.4 Å². The highest BCUT2D eigenvalue weighted by atomic mass is 32.1. The molecule has 6 nitrogen and oxygen atoms in total. The van der Waals surface area contributed by atoms with E-state index in [-0.39, 0.29) is 24.9 Å². The summed E-state index contributed by atoms with van der Waals surface area (Å²) >= 11 is 1.30. The van der Waals surface area contributed by atoms with Gasteiger partial charge in [-0.15, -0.1) is 0 Å². The standard InChI is InChI=1S/C18H15F3N4O2S/c1-11-15(28-17(23-11)24-6-2-3-7-24)16(26)25-9-13(10-25)27-14-8-12(4-5-22-14)18(19,20)21/h2-8,13H,9-10H2,1H3. The molecule has 0 spiro atoms. The maximum Gasteiger partial charge on any atom is 0.416 e. The Bertz CT molecular complexity index is 995. The number of rotatable bonds is 4. The number of hydrogen-bond donors (Lipinski definition) is 0. The van der Waals surface area contributed by atoms with Crippen molar-refractivity contribution in [2.45, 2.75) is 19.2 Å². The second kappa shape index (κ2) is 6.93. The first-order valence-corrected chi connectivity index (χ1v) is 9.23. The summed E-state index contributed by atoms with van der Waals surface area (Å²) in [6.07, 6.45) is -0.0888. The van der Waals surface area contributed by atoms with Gasteiger partial charge < -0.3 is 14.2 Å². The van der Waals surface area contributed by atoms with E-state index in [4.69, 9.17) is 4.74 Å². The molecule has 1 aliphatic heterocycles. The Hall–Kier alpha value is -2.88. The molecule has 0 N–H and O–H groups in total. The molecule has 1 saturated heterocycles. The Morgan fingerprint density at radius 1 is 1.29 bits per heavy atom. The number of carbonyl (C=O) groups is 1. The van der Waals surface area contributed by atoms with Gasteiger partial charge in [-0.3, -0.25) is 4.79 Å². The van der Waals surface area contributed by atoms with Crippen molar-refractivity contribution in [3.8, 4) is 11.0 Å². The van der Waals surface area contributed by atoms with Gasteiger partial charge in [0.05, 0.1) is 24.3 Å². The molecule has 0 saturated carbocycles. The number of halogens is 3. The lowest BCUT2D eigenvalue weighted by atomic mass is 10.1. The SMILES string of the molecule is Cc1nc(-n2cccc2)sc1C(=O)N1CC(Oc2cc(C(F)(F)F)ccn2)C1. The summed E-state index contributed by atoms with van der Waals surface area (Å²) in [5.41, 5.74) is -0.176. The quantitative estimate of drug-likeness (QED) is 0.662. The van der Waals surface area contributed by atoms with Crippen molar-refractivity contribution < 1.29 is 22.7 Å². The van der Waals surface area contributed by atoms with E-state index >= 15 is 0 Å². The van der Waals surface area contributed by atoms with Crippen LogP contribution in [0.5, 0.6) is 5.88 Å². The minimum absolute atomic E-state index is 0.101. The second-order valence-corrected chi connectivity index (χ2v) is 7.31. The van der Waals surface area contributed by atoms with E-state index in [1.54, 1.807) is 11.8 Å². The highest BCUT2D eigenvalue weighted by Crippen LogP contribution is 2.31. The fourth-order valence-electron chi connectivity index (χ4n) is 2.80. The third kappa shape index (κ3) is 3.59. The number of ether oxygens (including phenoxy) is 1. The molecule has 1 aliphatic rings. The molecule has 0 radical (unpaired) electrons. The number of amides is 1. The Morgan fingerprint density at radius 3 is 2.68 bits per heavy atom. The smallest absolute Gasteiger partial charge is 0.416 e. The van der Waals surface area contributed by atoms with Crippen LogP contribution in [0.1, 0.15) is 20.9 Å². The first kappa shape index (κ1) is 18.5. The molecule has 0 unspecified atom stereocenters. The molecule has 0 aliphatic carbocycles. The Labute approximate surface area is 162 Å². The first-order valence-electron chi connectivity index (χ1n) is 8.41. The largest absolute Gasteiger partial charge is 0.471 e. The molecule has 3 aromatic rings. The molecule has 0 atom stereocenters. The summed E-state index contributed by atoms with van der Waals surface area (Å²) in [7, 11) is 0. The van der Waals surface area contributed by atoms with E-state index < -0.39 is 17.8 Å². The molecule has 10 heteroatoms. The summed E-state index contributed by atoms with van der Waals surface area (Å²) in [5, 5.41) is 0.701. The van der Waals surface area contributed by atoms with E-state index in [2.05, 4.69) is 9.97 Å². The second-order valence-electron chi connectivity index (χ2n) is 6.33. The van der Waals surface area contributed by atoms with Crippen LogP contribution in [-0.2, 0) is 6.18 Å². The van der Waals surface area contributed by atoms with Crippen molar-refractivity contribution >= 4 is 17.2 Å². The highest BCUT2D eigenvalue weighted by molar-refractivity contribution is 7.16. The van der Waals surface area contributed by atoms with Gasteiger partial charge in [-0.25, -0.2) is 9.97 Å². The van der Waals surface area contributed by atoms with E-state index in [1.807, 2.05) is 29.1 Å². The summed E-state index contributed by atoms with van der Waals surface area (Å²) in [6, 6.07) is 5.49. The van der Waals surface area contributed by atoms with Crippen molar-refractivity contribution in [2.24, 2.45) is 0 Å². The number of thiazole rings is 1. The van der Waals surface area contributed by atoms with Crippen molar-refractivity contribution in [3.05, 3.63) is 59.0 Å². The molecule has 0 aromatic carbocycles. The van der Waals surface area contributed by atoms with Gasteiger partial charge in [0.15, 0.2) is 5.13 Å². The van der Waals surface area contributed by atoms with E-state index in [1.165, 1.54) is 11.3 Å². The number of alkyl halides is 3. The van der Waals surface area contributed by atoms with Crippen LogP contribution in [0, 0.1) is 6.92 Å². The van der Waals surface area contributed by atoms with E-state index in [0.29, 0.717) is 15.7 Å². The zero-order chi connectivity index (χ0) is 19.9. The van der Waals surface area contributed by atoms with Gasteiger partial charge in [-0.1, -0.05) is 11.3 Å². The normalized spacial score (nSPS) is 14.8. The summed E-state index contributed by atoms with van der Waals surface area (Å²) < 4.78 is 45.6. The molecule has 4 rings (SSSR count). The van der Waals surface area contributed by atoms with Gasteiger partial charge >= 0.3 is 6.18 Å². The van der Waals surface area contributed by atoms with Crippen molar-refractivity contribution in [2.75, 3.05) is 13.1 Å². The van der Waals surface area contributed by atoms with Crippen LogP contribution in [0.4, 0.5) is 13.2 Å². The van der Waals surface area contributed by atoms with Gasteiger partial charge in [0, 0.05) is 24.7 Å². The molecule has 1 fully saturated rings. The van der Waals surface area contributed by atoms with Gasteiger partial charge in [0.25, 0.3) is 5.91 Å². The minimum Gasteiger partial charge on any atom is -0.471 e. The number of nitrogens with zero attached hydrogens (tertiary/aromatic N) is 4. The monoisotopic (exact) mass is 408 g/mol. The Kier molecular flexibility index (Phi) is 4.58. The molecular formula is C18H15F3N4O2S. The lowest BCUT2D eigenvalue weighted by molar-refractivity contribution is -0.137.